The highest BCUT2D eigenvalue weighted by molar-refractivity contribution is 9.09. The third-order valence-electron chi connectivity index (χ3n) is 8.90. The van der Waals surface area contributed by atoms with Gasteiger partial charge in [-0.15, -0.1) is 0 Å². The first kappa shape index (κ1) is 28.1. The summed E-state index contributed by atoms with van der Waals surface area (Å²) in [7, 11) is 0. The Hall–Kier alpha value is -4.72. The van der Waals surface area contributed by atoms with Crippen LogP contribution in [0.25, 0.3) is 22.3 Å². The van der Waals surface area contributed by atoms with Crippen molar-refractivity contribution in [1.29, 1.82) is 0 Å². The highest BCUT2D eigenvalue weighted by Gasteiger charge is 2.51. The maximum Gasteiger partial charge on any atom is 0.0421 e. The van der Waals surface area contributed by atoms with Crippen molar-refractivity contribution in [2.24, 2.45) is 0 Å². The summed E-state index contributed by atoms with van der Waals surface area (Å²) in [4.78, 5) is 0. The first-order chi connectivity index (χ1) is 21.8. The molecule has 1 heteroatoms. The molecule has 0 radical (unpaired) electrons. The molecule has 7 rings (SSSR count). The molecule has 0 N–H and O–H groups in total. The van der Waals surface area contributed by atoms with Gasteiger partial charge in [-0.05, 0) is 55.7 Å². The third-order valence-corrected chi connectivity index (χ3v) is 9.79. The minimum atomic E-state index is -0.446. The molecule has 0 heterocycles. The molecule has 0 amide bonds. The van der Waals surface area contributed by atoms with E-state index >= 15 is 0 Å². The lowest BCUT2D eigenvalue weighted by atomic mass is 9.54. The van der Waals surface area contributed by atoms with Crippen LogP contribution in [0.2, 0.25) is 0 Å². The number of halogens is 1. The predicted octanol–water partition coefficient (Wildman–Crippen LogP) is 11.3. The van der Waals surface area contributed by atoms with E-state index in [9.17, 15) is 0 Å². The third kappa shape index (κ3) is 4.88. The van der Waals surface area contributed by atoms with E-state index < -0.39 is 5.41 Å². The van der Waals surface area contributed by atoms with E-state index in [1.54, 1.807) is 0 Å². The van der Waals surface area contributed by atoms with Crippen molar-refractivity contribution < 1.29 is 0 Å². The normalized spacial score (nSPS) is 18.3. The van der Waals surface area contributed by atoms with Crippen molar-refractivity contribution in [3.63, 3.8) is 0 Å². The van der Waals surface area contributed by atoms with Crippen LogP contribution in [0.3, 0.4) is 0 Å². The van der Waals surface area contributed by atoms with E-state index in [-0.39, 0.29) is 5.92 Å². The van der Waals surface area contributed by atoms with E-state index in [0.717, 1.165) is 5.33 Å². The van der Waals surface area contributed by atoms with Gasteiger partial charge in [-0.2, -0.15) is 0 Å². The Morgan fingerprint density at radius 2 is 0.795 bits per heavy atom. The Morgan fingerprint density at radius 3 is 1.27 bits per heavy atom. The topological polar surface area (TPSA) is 0 Å². The van der Waals surface area contributed by atoms with E-state index in [1.165, 1.54) is 55.7 Å². The quantitative estimate of drug-likeness (QED) is 0.154. The molecule has 0 aliphatic heterocycles. The van der Waals surface area contributed by atoms with Crippen molar-refractivity contribution in [3.8, 4) is 0 Å². The molecule has 0 saturated heterocycles. The molecule has 0 aromatic heterocycles. The molecule has 1 aliphatic rings. The van der Waals surface area contributed by atoms with Gasteiger partial charge in [0.15, 0.2) is 0 Å². The van der Waals surface area contributed by atoms with E-state index in [2.05, 4.69) is 198 Å². The Bertz CT molecular complexity index is 1890. The lowest BCUT2D eigenvalue weighted by Crippen LogP contribution is -2.41. The number of benzene rings is 6. The Kier molecular flexibility index (Phi) is 7.97. The SMILES string of the molecule is BrCC1(c2ccccc2)C(c2ccccc2)=C(c2ccccc2)C(c2ccccc2)=C(c2ccccc2)C1c1ccccc1. The molecule has 44 heavy (non-hydrogen) atoms. The number of hydrogen-bond donors (Lipinski definition) is 0. The van der Waals surface area contributed by atoms with Gasteiger partial charge < -0.3 is 0 Å². The fraction of sp³-hybridized carbons (Fsp3) is 0.0698. The van der Waals surface area contributed by atoms with Gasteiger partial charge in [-0.3, -0.25) is 0 Å². The summed E-state index contributed by atoms with van der Waals surface area (Å²) in [6.07, 6.45) is 0. The van der Waals surface area contributed by atoms with Crippen LogP contribution in [0.5, 0.6) is 0 Å². The average molecular weight is 630 g/mol. The second-order valence-corrected chi connectivity index (χ2v) is 11.9. The molecule has 6 aromatic rings. The minimum absolute atomic E-state index is 0.00532. The molecule has 0 fully saturated rings. The predicted molar refractivity (Wildman–Crippen MR) is 190 cm³/mol. The fourth-order valence-electron chi connectivity index (χ4n) is 7.12. The van der Waals surface area contributed by atoms with E-state index in [0.29, 0.717) is 0 Å². The zero-order valence-electron chi connectivity index (χ0n) is 24.5. The molecule has 2 atom stereocenters. The summed E-state index contributed by atoms with van der Waals surface area (Å²) in [6, 6.07) is 66.3. The summed E-state index contributed by atoms with van der Waals surface area (Å²) in [5, 5.41) is 0.739. The maximum atomic E-state index is 4.20. The zero-order valence-corrected chi connectivity index (χ0v) is 26.1. The zero-order chi connectivity index (χ0) is 29.8. The molecular formula is C43H33Br. The lowest BCUT2D eigenvalue weighted by molar-refractivity contribution is 0.571. The number of rotatable bonds is 7. The molecule has 212 valence electrons. The van der Waals surface area contributed by atoms with Gasteiger partial charge in [0.05, 0.1) is 0 Å². The van der Waals surface area contributed by atoms with Crippen LogP contribution in [0.1, 0.15) is 39.3 Å². The first-order valence-corrected chi connectivity index (χ1v) is 16.3. The van der Waals surface area contributed by atoms with Crippen molar-refractivity contribution in [3.05, 3.63) is 215 Å². The fourth-order valence-corrected chi connectivity index (χ4v) is 8.04. The van der Waals surface area contributed by atoms with Crippen LogP contribution in [0, 0.1) is 0 Å². The first-order valence-electron chi connectivity index (χ1n) is 15.2. The molecule has 0 bridgehead atoms. The number of allylic oxidation sites excluding steroid dienone is 4. The molecular weight excluding hydrogens is 596 g/mol. The smallest absolute Gasteiger partial charge is 0.0421 e. The van der Waals surface area contributed by atoms with E-state index in [4.69, 9.17) is 0 Å². The van der Waals surface area contributed by atoms with Gasteiger partial charge in [0.2, 0.25) is 0 Å². The monoisotopic (exact) mass is 628 g/mol. The van der Waals surface area contributed by atoms with Crippen LogP contribution in [0.15, 0.2) is 182 Å². The Balaban J connectivity index is 1.77. The van der Waals surface area contributed by atoms with Crippen LogP contribution in [0.4, 0.5) is 0 Å². The summed E-state index contributed by atoms with van der Waals surface area (Å²) in [5.41, 5.74) is 12.3. The molecule has 0 saturated carbocycles. The van der Waals surface area contributed by atoms with Crippen molar-refractivity contribution in [2.45, 2.75) is 11.3 Å². The van der Waals surface area contributed by atoms with Gasteiger partial charge in [0, 0.05) is 16.7 Å². The standard InChI is InChI=1S/C43H33Br/c44-31-43(37-29-17-6-18-30-37)41(35-25-13-4-14-26-35)39(33-21-9-2-10-22-33)38(32-19-7-1-8-20-32)40(34-23-11-3-12-24-34)42(43)36-27-15-5-16-28-36/h1-30,41H,31H2. The van der Waals surface area contributed by atoms with Crippen LogP contribution >= 0.6 is 15.9 Å². The van der Waals surface area contributed by atoms with E-state index in [1.807, 2.05) is 0 Å². The molecule has 1 aliphatic carbocycles. The summed E-state index contributed by atoms with van der Waals surface area (Å²) in [5.74, 6) is 0.00532. The molecule has 0 spiro atoms. The minimum Gasteiger partial charge on any atom is -0.0914 e. The second-order valence-electron chi connectivity index (χ2n) is 11.3. The number of alkyl halides is 1. The average Bonchev–Trinajstić information content (AvgIpc) is 3.12. The Morgan fingerprint density at radius 1 is 0.409 bits per heavy atom. The highest BCUT2D eigenvalue weighted by atomic mass is 79.9. The Labute approximate surface area is 269 Å². The molecule has 2 unspecified atom stereocenters. The van der Waals surface area contributed by atoms with Crippen LogP contribution in [-0.2, 0) is 5.41 Å². The largest absolute Gasteiger partial charge is 0.0914 e. The lowest BCUT2D eigenvalue weighted by Gasteiger charge is -2.49. The van der Waals surface area contributed by atoms with Gasteiger partial charge in [-0.25, -0.2) is 0 Å². The summed E-state index contributed by atoms with van der Waals surface area (Å²) in [6.45, 7) is 0. The molecule has 0 nitrogen and oxygen atoms in total. The summed E-state index contributed by atoms with van der Waals surface area (Å²) < 4.78 is 0. The van der Waals surface area contributed by atoms with Gasteiger partial charge in [0.1, 0.15) is 0 Å². The highest BCUT2D eigenvalue weighted by Crippen LogP contribution is 2.64. The second kappa shape index (κ2) is 12.5. The van der Waals surface area contributed by atoms with Crippen molar-refractivity contribution in [2.75, 3.05) is 5.33 Å². The van der Waals surface area contributed by atoms with Crippen molar-refractivity contribution >= 4 is 38.2 Å². The van der Waals surface area contributed by atoms with Crippen LogP contribution in [-0.4, -0.2) is 5.33 Å². The van der Waals surface area contributed by atoms with Gasteiger partial charge in [-0.1, -0.05) is 198 Å². The summed E-state index contributed by atoms with van der Waals surface area (Å²) >= 11 is 4.20. The van der Waals surface area contributed by atoms with Gasteiger partial charge >= 0.3 is 0 Å². The maximum absolute atomic E-state index is 4.20. The van der Waals surface area contributed by atoms with Gasteiger partial charge in [0.25, 0.3) is 0 Å². The van der Waals surface area contributed by atoms with Crippen molar-refractivity contribution in [1.82, 2.24) is 0 Å². The number of hydrogen-bond acceptors (Lipinski definition) is 0. The molecule has 6 aromatic carbocycles. The van der Waals surface area contributed by atoms with Crippen LogP contribution < -0.4 is 0 Å².